The number of aryl methyl sites for hydroxylation is 1. The minimum absolute atomic E-state index is 0.863. The van der Waals surface area contributed by atoms with Crippen LogP contribution in [0.3, 0.4) is 0 Å². The first kappa shape index (κ1) is 8.59. The maximum absolute atomic E-state index is 5.40. The maximum Gasteiger partial charge on any atom is 0.154 e. The predicted molar refractivity (Wildman–Crippen MR) is 57.8 cm³/mol. The summed E-state index contributed by atoms with van der Waals surface area (Å²) in [6, 6.07) is 3.86. The number of hydrogen-bond acceptors (Lipinski definition) is 3. The average molecular weight is 203 g/mol. The van der Waals surface area contributed by atoms with Crippen LogP contribution in [0.15, 0.2) is 22.8 Å². The second-order valence-corrected chi connectivity index (χ2v) is 3.65. The Morgan fingerprint density at radius 1 is 1.60 bits per heavy atom. The number of fused-ring (bicyclic) bond motifs is 1. The Labute approximate surface area is 87.9 Å². The van der Waals surface area contributed by atoms with E-state index in [1.807, 2.05) is 16.8 Å². The van der Waals surface area contributed by atoms with Gasteiger partial charge in [-0.25, -0.2) is 4.68 Å². The Kier molecular flexibility index (Phi) is 1.80. The predicted octanol–water partition coefficient (Wildman–Crippen LogP) is 2.13. The lowest BCUT2D eigenvalue weighted by atomic mass is 10.2. The van der Waals surface area contributed by atoms with Crippen molar-refractivity contribution in [2.45, 2.75) is 19.9 Å². The van der Waals surface area contributed by atoms with E-state index in [4.69, 9.17) is 4.42 Å². The second-order valence-electron chi connectivity index (χ2n) is 3.65. The van der Waals surface area contributed by atoms with Gasteiger partial charge >= 0.3 is 0 Å². The molecule has 3 rings (SSSR count). The van der Waals surface area contributed by atoms with Crippen LogP contribution in [0.5, 0.6) is 0 Å². The minimum Gasteiger partial charge on any atom is -0.463 e. The van der Waals surface area contributed by atoms with Crippen molar-refractivity contribution >= 4 is 5.82 Å². The largest absolute Gasteiger partial charge is 0.463 e. The summed E-state index contributed by atoms with van der Waals surface area (Å²) in [6.45, 7) is 3.98. The number of furan rings is 1. The van der Waals surface area contributed by atoms with Crippen LogP contribution in [-0.2, 0) is 13.0 Å². The molecular weight excluding hydrogens is 190 g/mol. The van der Waals surface area contributed by atoms with Crippen LogP contribution in [0.25, 0.3) is 11.5 Å². The highest BCUT2D eigenvalue weighted by atomic mass is 16.3. The number of nitrogens with zero attached hydrogens (tertiary/aromatic N) is 2. The lowest BCUT2D eigenvalue weighted by Gasteiger charge is -2.00. The van der Waals surface area contributed by atoms with Gasteiger partial charge in [-0.3, -0.25) is 0 Å². The number of nitrogens with one attached hydrogen (secondary N) is 1. The molecule has 0 atom stereocenters. The van der Waals surface area contributed by atoms with Crippen molar-refractivity contribution in [3.63, 3.8) is 0 Å². The Balaban J connectivity index is 2.17. The third-order valence-electron chi connectivity index (χ3n) is 2.77. The highest BCUT2D eigenvalue weighted by molar-refractivity contribution is 5.67. The fourth-order valence-corrected chi connectivity index (χ4v) is 2.08. The topological polar surface area (TPSA) is 43.0 Å². The van der Waals surface area contributed by atoms with Gasteiger partial charge in [0, 0.05) is 18.7 Å². The fourth-order valence-electron chi connectivity index (χ4n) is 2.08. The van der Waals surface area contributed by atoms with E-state index in [1.54, 1.807) is 6.26 Å². The number of hydrogen-bond donors (Lipinski definition) is 1. The van der Waals surface area contributed by atoms with Gasteiger partial charge in [0.05, 0.1) is 6.26 Å². The summed E-state index contributed by atoms with van der Waals surface area (Å²) < 4.78 is 7.40. The van der Waals surface area contributed by atoms with Crippen LogP contribution in [0.4, 0.5) is 5.82 Å². The van der Waals surface area contributed by atoms with Crippen molar-refractivity contribution in [2.24, 2.45) is 0 Å². The molecule has 78 valence electrons. The molecule has 4 nitrogen and oxygen atoms in total. The zero-order chi connectivity index (χ0) is 10.3. The number of aromatic nitrogens is 2. The molecule has 1 N–H and O–H groups in total. The Morgan fingerprint density at radius 2 is 2.53 bits per heavy atom. The van der Waals surface area contributed by atoms with Crippen molar-refractivity contribution in [1.29, 1.82) is 0 Å². The molecule has 0 saturated carbocycles. The molecule has 0 spiro atoms. The lowest BCUT2D eigenvalue weighted by molar-refractivity contribution is 0.574. The van der Waals surface area contributed by atoms with E-state index in [-0.39, 0.29) is 0 Å². The van der Waals surface area contributed by atoms with Crippen molar-refractivity contribution in [3.8, 4) is 11.5 Å². The standard InChI is InChI=1S/C11H13N3O/c1-2-14-11-8(5-6-12-11)10(13-14)9-4-3-7-15-9/h3-4,7,12H,2,5-6H2,1H3. The molecule has 0 radical (unpaired) electrons. The molecule has 0 unspecified atom stereocenters. The third-order valence-corrected chi connectivity index (χ3v) is 2.77. The van der Waals surface area contributed by atoms with Crippen molar-refractivity contribution in [3.05, 3.63) is 24.0 Å². The zero-order valence-electron chi connectivity index (χ0n) is 8.66. The van der Waals surface area contributed by atoms with Crippen molar-refractivity contribution in [2.75, 3.05) is 11.9 Å². The average Bonchev–Trinajstić information content (AvgIpc) is 2.94. The van der Waals surface area contributed by atoms with E-state index in [0.29, 0.717) is 0 Å². The van der Waals surface area contributed by atoms with Crippen molar-refractivity contribution in [1.82, 2.24) is 9.78 Å². The summed E-state index contributed by atoms with van der Waals surface area (Å²) in [5.41, 5.74) is 2.27. The number of anilines is 1. The molecule has 3 heterocycles. The first-order valence-corrected chi connectivity index (χ1v) is 5.27. The lowest BCUT2D eigenvalue weighted by Crippen LogP contribution is -2.04. The number of rotatable bonds is 2. The molecule has 0 fully saturated rings. The van der Waals surface area contributed by atoms with Gasteiger partial charge in [-0.05, 0) is 25.5 Å². The van der Waals surface area contributed by atoms with E-state index in [9.17, 15) is 0 Å². The summed E-state index contributed by atoms with van der Waals surface area (Å²) in [4.78, 5) is 0. The summed E-state index contributed by atoms with van der Waals surface area (Å²) in [5, 5.41) is 7.91. The Bertz CT molecular complexity index is 470. The normalized spacial score (nSPS) is 13.9. The molecule has 0 aliphatic carbocycles. The van der Waals surface area contributed by atoms with Gasteiger partial charge in [0.25, 0.3) is 0 Å². The Hall–Kier alpha value is -1.71. The minimum atomic E-state index is 0.863. The highest BCUT2D eigenvalue weighted by Crippen LogP contribution is 2.32. The van der Waals surface area contributed by atoms with E-state index >= 15 is 0 Å². The molecule has 0 bridgehead atoms. The van der Waals surface area contributed by atoms with Crippen LogP contribution in [-0.4, -0.2) is 16.3 Å². The van der Waals surface area contributed by atoms with Gasteiger partial charge in [0.2, 0.25) is 0 Å². The maximum atomic E-state index is 5.40. The monoisotopic (exact) mass is 203 g/mol. The van der Waals surface area contributed by atoms with Gasteiger partial charge in [-0.1, -0.05) is 0 Å². The molecule has 1 aliphatic heterocycles. The third kappa shape index (κ3) is 1.17. The van der Waals surface area contributed by atoms with Gasteiger partial charge in [-0.15, -0.1) is 0 Å². The van der Waals surface area contributed by atoms with Crippen LogP contribution in [0.2, 0.25) is 0 Å². The van der Waals surface area contributed by atoms with Crippen LogP contribution < -0.4 is 5.32 Å². The molecule has 4 heteroatoms. The van der Waals surface area contributed by atoms with Gasteiger partial charge in [0.15, 0.2) is 5.76 Å². The molecule has 2 aromatic heterocycles. The van der Waals surface area contributed by atoms with Crippen LogP contribution in [0, 0.1) is 0 Å². The van der Waals surface area contributed by atoms with Crippen LogP contribution in [0.1, 0.15) is 12.5 Å². The second kappa shape index (κ2) is 3.15. The molecular formula is C11H13N3O. The van der Waals surface area contributed by atoms with Gasteiger partial charge in [-0.2, -0.15) is 5.10 Å². The molecule has 0 saturated heterocycles. The van der Waals surface area contributed by atoms with Gasteiger partial charge in [0.1, 0.15) is 11.5 Å². The van der Waals surface area contributed by atoms with E-state index in [1.165, 1.54) is 5.56 Å². The first-order chi connectivity index (χ1) is 7.40. The summed E-state index contributed by atoms with van der Waals surface area (Å²) in [7, 11) is 0. The SMILES string of the molecule is CCn1nc(-c2ccco2)c2c1NCC2. The summed E-state index contributed by atoms with van der Waals surface area (Å²) in [6.07, 6.45) is 2.72. The summed E-state index contributed by atoms with van der Waals surface area (Å²) in [5.74, 6) is 2.02. The van der Waals surface area contributed by atoms with E-state index < -0.39 is 0 Å². The van der Waals surface area contributed by atoms with E-state index in [2.05, 4.69) is 17.3 Å². The van der Waals surface area contributed by atoms with Gasteiger partial charge < -0.3 is 9.73 Å². The Morgan fingerprint density at radius 3 is 3.27 bits per heavy atom. The molecule has 0 aromatic carbocycles. The van der Waals surface area contributed by atoms with E-state index in [0.717, 1.165) is 36.8 Å². The molecule has 2 aromatic rings. The smallest absolute Gasteiger partial charge is 0.154 e. The molecule has 15 heavy (non-hydrogen) atoms. The van der Waals surface area contributed by atoms with Crippen LogP contribution >= 0.6 is 0 Å². The quantitative estimate of drug-likeness (QED) is 0.813. The van der Waals surface area contributed by atoms with Crippen molar-refractivity contribution < 1.29 is 4.42 Å². The fraction of sp³-hybridized carbons (Fsp3) is 0.364. The molecule has 0 amide bonds. The first-order valence-electron chi connectivity index (χ1n) is 5.27. The zero-order valence-corrected chi connectivity index (χ0v) is 8.66. The summed E-state index contributed by atoms with van der Waals surface area (Å²) >= 11 is 0. The molecule has 1 aliphatic rings. The highest BCUT2D eigenvalue weighted by Gasteiger charge is 2.23.